The molecule has 11 heteroatoms. The van der Waals surface area contributed by atoms with Crippen LogP contribution in [0.25, 0.3) is 0 Å². The number of amides is 2. The highest BCUT2D eigenvalue weighted by Crippen LogP contribution is 2.35. The summed E-state index contributed by atoms with van der Waals surface area (Å²) >= 11 is -0.541. The highest BCUT2D eigenvalue weighted by atomic mass is 32.2. The number of carbonyl (C=O) groups excluding carboxylic acids is 2. The van der Waals surface area contributed by atoms with Crippen LogP contribution in [0.3, 0.4) is 0 Å². The van der Waals surface area contributed by atoms with Crippen molar-refractivity contribution in [3.05, 3.63) is 75.8 Å². The molecule has 2 unspecified atom stereocenters. The molecule has 0 saturated heterocycles. The summed E-state index contributed by atoms with van der Waals surface area (Å²) in [5, 5.41) is 8.76. The van der Waals surface area contributed by atoms with Gasteiger partial charge in [0.25, 0.3) is 0 Å². The number of ether oxygens (including phenoxy) is 1. The normalized spacial score (nSPS) is 19.9. The smallest absolute Gasteiger partial charge is 0.407 e. The molecule has 39 heavy (non-hydrogen) atoms. The molecule has 2 amide bonds. The van der Waals surface area contributed by atoms with Crippen LogP contribution >= 0.6 is 11.3 Å². The number of nitrogens with zero attached hydrogens (tertiary/aromatic N) is 1. The number of aromatic nitrogens is 1. The fourth-order valence-corrected chi connectivity index (χ4v) is 6.43. The van der Waals surface area contributed by atoms with Crippen molar-refractivity contribution in [1.82, 2.24) is 20.3 Å². The van der Waals surface area contributed by atoms with Crippen molar-refractivity contribution in [1.29, 1.82) is 0 Å². The van der Waals surface area contributed by atoms with Gasteiger partial charge >= 0.3 is 6.09 Å². The zero-order valence-electron chi connectivity index (χ0n) is 22.0. The van der Waals surface area contributed by atoms with Crippen molar-refractivity contribution < 1.29 is 23.1 Å². The van der Waals surface area contributed by atoms with Gasteiger partial charge in [0.2, 0.25) is 17.2 Å². The Morgan fingerprint density at radius 3 is 2.59 bits per heavy atom. The van der Waals surface area contributed by atoms with Crippen LogP contribution < -0.4 is 15.4 Å². The molecular formula is C28H36N4O5S2. The van der Waals surface area contributed by atoms with Gasteiger partial charge in [-0.25, -0.2) is 18.7 Å². The van der Waals surface area contributed by atoms with Crippen LogP contribution in [-0.4, -0.2) is 44.9 Å². The van der Waals surface area contributed by atoms with E-state index in [4.69, 9.17) is 14.3 Å². The van der Waals surface area contributed by atoms with Crippen LogP contribution in [0.15, 0.2) is 59.5 Å². The number of allylic oxidation sites excluding steroid dienone is 1. The molecule has 0 radical (unpaired) electrons. The Morgan fingerprint density at radius 1 is 1.15 bits per heavy atom. The highest BCUT2D eigenvalue weighted by Gasteiger charge is 2.28. The fraction of sp³-hybridized carbons (Fsp3) is 0.464. The van der Waals surface area contributed by atoms with E-state index < -0.39 is 29.4 Å². The maximum atomic E-state index is 13.6. The lowest BCUT2D eigenvalue weighted by Crippen LogP contribution is -2.49. The minimum absolute atomic E-state index is 0.232. The molecule has 0 spiro atoms. The zero-order chi connectivity index (χ0) is 27.6. The predicted molar refractivity (Wildman–Crippen MR) is 152 cm³/mol. The van der Waals surface area contributed by atoms with E-state index in [2.05, 4.69) is 20.7 Å². The summed E-state index contributed by atoms with van der Waals surface area (Å²) < 4.78 is 27.6. The van der Waals surface area contributed by atoms with E-state index in [1.165, 1.54) is 26.4 Å². The summed E-state index contributed by atoms with van der Waals surface area (Å²) in [6, 6.07) is 8.05. The molecule has 4 atom stereocenters. The second kappa shape index (κ2) is 14.5. The van der Waals surface area contributed by atoms with E-state index in [0.717, 1.165) is 34.7 Å². The third kappa shape index (κ3) is 8.82. The van der Waals surface area contributed by atoms with Crippen molar-refractivity contribution in [3.8, 4) is 0 Å². The third-order valence-electron chi connectivity index (χ3n) is 7.12. The molecule has 2 aromatic rings. The Kier molecular flexibility index (Phi) is 10.8. The Labute approximate surface area is 235 Å². The van der Waals surface area contributed by atoms with E-state index >= 15 is 0 Å². The molecule has 1 heterocycles. The highest BCUT2D eigenvalue weighted by molar-refractivity contribution is 7.77. The molecule has 2 aliphatic carbocycles. The van der Waals surface area contributed by atoms with Crippen molar-refractivity contribution in [2.24, 2.45) is 0 Å². The van der Waals surface area contributed by atoms with E-state index in [-0.39, 0.29) is 11.9 Å². The summed E-state index contributed by atoms with van der Waals surface area (Å²) in [5.41, 5.74) is 3.00. The summed E-state index contributed by atoms with van der Waals surface area (Å²) in [7, 11) is 1.27. The van der Waals surface area contributed by atoms with E-state index in [9.17, 15) is 13.8 Å². The van der Waals surface area contributed by atoms with Crippen LogP contribution in [-0.2, 0) is 27.2 Å². The first-order chi connectivity index (χ1) is 18.9. The lowest BCUT2D eigenvalue weighted by Gasteiger charge is -2.24. The Bertz CT molecular complexity index is 1190. The molecule has 1 aromatic carbocycles. The molecule has 4 N–H and O–H groups in total. The number of benzene rings is 1. The Balaban J connectivity index is 1.53. The summed E-state index contributed by atoms with van der Waals surface area (Å²) in [6.45, 7) is 0. The van der Waals surface area contributed by atoms with Crippen LogP contribution in [0.2, 0.25) is 0 Å². The van der Waals surface area contributed by atoms with Gasteiger partial charge in [-0.3, -0.25) is 9.35 Å². The van der Waals surface area contributed by atoms with Crippen molar-refractivity contribution in [3.63, 3.8) is 0 Å². The number of hydrogen-bond acceptors (Lipinski definition) is 6. The van der Waals surface area contributed by atoms with Gasteiger partial charge in [-0.1, -0.05) is 67.8 Å². The molecule has 1 fully saturated rings. The zero-order valence-corrected chi connectivity index (χ0v) is 23.6. The van der Waals surface area contributed by atoms with Crippen molar-refractivity contribution >= 4 is 34.6 Å². The summed E-state index contributed by atoms with van der Waals surface area (Å²) in [6.07, 6.45) is 12.4. The molecule has 0 aliphatic heterocycles. The van der Waals surface area contributed by atoms with Crippen LogP contribution in [0, 0.1) is 0 Å². The SMILES string of the molecule is COC(=O)N[C@@H](Cc1ccccc1)C(=O)N[C@@H](CC1=CCC(NS(=O)O)C=C1)c1nc(C2CCCCC2)cs1. The number of nitrogens with one attached hydrogen (secondary N) is 3. The molecule has 0 bridgehead atoms. The van der Waals surface area contributed by atoms with Crippen molar-refractivity contribution in [2.45, 2.75) is 75.4 Å². The van der Waals surface area contributed by atoms with Crippen LogP contribution in [0.5, 0.6) is 0 Å². The fourth-order valence-electron chi connectivity index (χ4n) is 5.05. The summed E-state index contributed by atoms with van der Waals surface area (Å²) in [4.78, 5) is 30.7. The van der Waals surface area contributed by atoms with E-state index in [1.54, 1.807) is 11.3 Å². The number of rotatable bonds is 11. The van der Waals surface area contributed by atoms with Gasteiger partial charge in [0.1, 0.15) is 11.0 Å². The number of methoxy groups -OCH3 is 1. The average Bonchev–Trinajstić information content (AvgIpc) is 3.44. The van der Waals surface area contributed by atoms with Crippen LogP contribution in [0.4, 0.5) is 4.79 Å². The lowest BCUT2D eigenvalue weighted by molar-refractivity contribution is -0.123. The quantitative estimate of drug-likeness (QED) is 0.289. The van der Waals surface area contributed by atoms with E-state index in [1.807, 2.05) is 48.6 Å². The molecule has 9 nitrogen and oxygen atoms in total. The Morgan fingerprint density at radius 2 is 1.92 bits per heavy atom. The van der Waals surface area contributed by atoms with Gasteiger partial charge < -0.3 is 15.4 Å². The molecule has 210 valence electrons. The first-order valence-corrected chi connectivity index (χ1v) is 15.3. The second-order valence-corrected chi connectivity index (χ2v) is 11.6. The van der Waals surface area contributed by atoms with E-state index in [0.29, 0.717) is 25.2 Å². The number of carbonyl (C=O) groups is 2. The minimum atomic E-state index is -2.09. The summed E-state index contributed by atoms with van der Waals surface area (Å²) in [5.74, 6) is 0.131. The topological polar surface area (TPSA) is 130 Å². The maximum absolute atomic E-state index is 13.6. The van der Waals surface area contributed by atoms with Gasteiger partial charge in [-0.15, -0.1) is 11.3 Å². The van der Waals surface area contributed by atoms with Gasteiger partial charge in [-0.05, 0) is 36.8 Å². The largest absolute Gasteiger partial charge is 0.453 e. The monoisotopic (exact) mass is 572 g/mol. The standard InChI is InChI=1S/C28H36N4O5S2/c1-37-28(34)31-23(16-19-8-4-2-5-9-19)26(33)29-24(17-20-12-14-22(15-13-20)32-39(35)36)27-30-25(18-38-27)21-10-6-3-7-11-21/h2,4-5,8-9,12-14,18,21-24,32H,3,6-7,10-11,15-17H2,1H3,(H,29,33)(H,31,34)(H,35,36)/t22?,23-,24-/m0/s1. The number of hydrogen-bond donors (Lipinski definition) is 4. The molecule has 4 rings (SSSR count). The van der Waals surface area contributed by atoms with Crippen molar-refractivity contribution in [2.75, 3.05) is 7.11 Å². The molecular weight excluding hydrogens is 536 g/mol. The van der Waals surface area contributed by atoms with Gasteiger partial charge in [0.05, 0.1) is 18.8 Å². The second-order valence-electron chi connectivity index (χ2n) is 9.94. The van der Waals surface area contributed by atoms with Crippen LogP contribution in [0.1, 0.15) is 73.2 Å². The maximum Gasteiger partial charge on any atom is 0.407 e. The Hall–Kier alpha value is -2.86. The minimum Gasteiger partial charge on any atom is -0.453 e. The first-order valence-electron chi connectivity index (χ1n) is 13.3. The molecule has 2 aliphatic rings. The lowest BCUT2D eigenvalue weighted by atomic mass is 9.87. The molecule has 1 saturated carbocycles. The molecule has 1 aromatic heterocycles. The number of alkyl carbamates (subject to hydrolysis) is 1. The third-order valence-corrected chi connectivity index (χ3v) is 8.60. The average molecular weight is 573 g/mol. The first kappa shape index (κ1) is 29.1. The van der Waals surface area contributed by atoms with Gasteiger partial charge in [-0.2, -0.15) is 0 Å². The van der Waals surface area contributed by atoms with Gasteiger partial charge in [0, 0.05) is 23.8 Å². The predicted octanol–water partition coefficient (Wildman–Crippen LogP) is 4.69. The van der Waals surface area contributed by atoms with Gasteiger partial charge in [0.15, 0.2) is 0 Å². The number of thiazole rings is 1.